The maximum atomic E-state index is 13.0. The summed E-state index contributed by atoms with van der Waals surface area (Å²) in [6, 6.07) is 21.0. The molecule has 0 spiro atoms. The Morgan fingerprint density at radius 3 is 2.31 bits per heavy atom. The summed E-state index contributed by atoms with van der Waals surface area (Å²) < 4.78 is 6.20. The lowest BCUT2D eigenvalue weighted by Crippen LogP contribution is -2.32. The van der Waals surface area contributed by atoms with E-state index in [9.17, 15) is 14.4 Å². The summed E-state index contributed by atoms with van der Waals surface area (Å²) in [5, 5.41) is 5.60. The van der Waals surface area contributed by atoms with Crippen LogP contribution in [-0.4, -0.2) is 24.3 Å². The van der Waals surface area contributed by atoms with Crippen LogP contribution >= 0.6 is 27.5 Å². The Morgan fingerprint density at radius 1 is 0.971 bits per heavy atom. The van der Waals surface area contributed by atoms with Crippen molar-refractivity contribution in [3.8, 4) is 5.75 Å². The molecule has 0 radical (unpaired) electrons. The lowest BCUT2D eigenvalue weighted by molar-refractivity contribution is -0.120. The topological polar surface area (TPSA) is 87.7 Å². The number of rotatable bonds is 8. The Labute approximate surface area is 215 Å². The molecule has 0 unspecified atom stereocenters. The molecule has 35 heavy (non-hydrogen) atoms. The van der Waals surface area contributed by atoms with Gasteiger partial charge in [-0.1, -0.05) is 35.9 Å². The van der Waals surface area contributed by atoms with Gasteiger partial charge in [0.1, 0.15) is 16.5 Å². The van der Waals surface area contributed by atoms with Gasteiger partial charge < -0.3 is 15.4 Å². The van der Waals surface area contributed by atoms with Crippen molar-refractivity contribution in [2.45, 2.75) is 13.3 Å². The molecule has 0 saturated heterocycles. The van der Waals surface area contributed by atoms with Crippen LogP contribution in [0.1, 0.15) is 12.5 Å². The van der Waals surface area contributed by atoms with E-state index in [4.69, 9.17) is 16.3 Å². The molecule has 0 bridgehead atoms. The van der Waals surface area contributed by atoms with Gasteiger partial charge in [-0.3, -0.25) is 14.4 Å². The van der Waals surface area contributed by atoms with E-state index in [-0.39, 0.29) is 23.1 Å². The van der Waals surface area contributed by atoms with Gasteiger partial charge in [-0.05, 0) is 76.9 Å². The number of carbonyl (C=O) groups is 3. The van der Waals surface area contributed by atoms with Crippen LogP contribution < -0.4 is 20.3 Å². The number of hydrogen-bond acceptors (Lipinski definition) is 5. The molecule has 1 heterocycles. The maximum absolute atomic E-state index is 13.0. The maximum Gasteiger partial charge on any atom is 0.283 e. The molecule has 0 fully saturated rings. The van der Waals surface area contributed by atoms with Gasteiger partial charge >= 0.3 is 0 Å². The zero-order valence-electron chi connectivity index (χ0n) is 18.7. The Kier molecular flexibility index (Phi) is 7.53. The zero-order valence-corrected chi connectivity index (χ0v) is 21.0. The average molecular weight is 555 g/mol. The van der Waals surface area contributed by atoms with Crippen LogP contribution in [0.5, 0.6) is 5.75 Å². The van der Waals surface area contributed by atoms with Crippen molar-refractivity contribution in [2.75, 3.05) is 22.1 Å². The van der Waals surface area contributed by atoms with Crippen molar-refractivity contribution < 1.29 is 19.1 Å². The van der Waals surface area contributed by atoms with Crippen LogP contribution in [0.15, 0.2) is 88.0 Å². The Morgan fingerprint density at radius 2 is 1.66 bits per heavy atom. The number of nitrogens with zero attached hydrogens (tertiary/aromatic N) is 1. The summed E-state index contributed by atoms with van der Waals surface area (Å²) in [6.45, 7) is 2.38. The van der Waals surface area contributed by atoms with E-state index in [0.717, 1.165) is 14.9 Å². The van der Waals surface area contributed by atoms with Crippen LogP contribution in [0.2, 0.25) is 0 Å². The van der Waals surface area contributed by atoms with Crippen molar-refractivity contribution in [3.63, 3.8) is 0 Å². The number of amides is 3. The average Bonchev–Trinajstić information content (AvgIpc) is 3.05. The van der Waals surface area contributed by atoms with E-state index < -0.39 is 11.8 Å². The van der Waals surface area contributed by atoms with E-state index in [1.807, 2.05) is 31.2 Å². The monoisotopic (exact) mass is 553 g/mol. The molecule has 1 aliphatic rings. The highest BCUT2D eigenvalue weighted by molar-refractivity contribution is 9.10. The molecule has 9 heteroatoms. The van der Waals surface area contributed by atoms with Crippen molar-refractivity contribution in [1.29, 1.82) is 0 Å². The number of anilines is 3. The van der Waals surface area contributed by atoms with Gasteiger partial charge in [0.25, 0.3) is 11.8 Å². The number of nitrogens with one attached hydrogen (secondary N) is 2. The number of hydrogen-bond donors (Lipinski definition) is 2. The number of ether oxygens (including phenoxy) is 1. The van der Waals surface area contributed by atoms with Crippen molar-refractivity contribution in [2.24, 2.45) is 0 Å². The Bertz CT molecular complexity index is 1310. The number of para-hydroxylation sites is 1. The summed E-state index contributed by atoms with van der Waals surface area (Å²) in [6.07, 6.45) is 0.175. The molecule has 178 valence electrons. The van der Waals surface area contributed by atoms with Gasteiger partial charge in [0, 0.05) is 10.2 Å². The minimum Gasteiger partial charge on any atom is -0.494 e. The van der Waals surface area contributed by atoms with Crippen LogP contribution in [-0.2, 0) is 20.8 Å². The highest BCUT2D eigenvalue weighted by Crippen LogP contribution is 2.31. The van der Waals surface area contributed by atoms with Crippen LogP contribution in [0.3, 0.4) is 0 Å². The zero-order chi connectivity index (χ0) is 24.9. The lowest BCUT2D eigenvalue weighted by atomic mass is 10.1. The number of halogens is 2. The van der Waals surface area contributed by atoms with Crippen LogP contribution in [0.25, 0.3) is 0 Å². The highest BCUT2D eigenvalue weighted by Gasteiger charge is 2.38. The predicted molar refractivity (Wildman–Crippen MR) is 140 cm³/mol. The van der Waals surface area contributed by atoms with Gasteiger partial charge in [0.15, 0.2) is 0 Å². The molecule has 0 atom stereocenters. The van der Waals surface area contributed by atoms with Crippen molar-refractivity contribution >= 4 is 62.3 Å². The summed E-state index contributed by atoms with van der Waals surface area (Å²) in [7, 11) is 0. The second-order valence-corrected chi connectivity index (χ2v) is 8.82. The van der Waals surface area contributed by atoms with Crippen LogP contribution in [0, 0.1) is 0 Å². The third-order valence-corrected chi connectivity index (χ3v) is 6.21. The summed E-state index contributed by atoms with van der Waals surface area (Å²) in [5.74, 6) is -0.686. The van der Waals surface area contributed by atoms with E-state index >= 15 is 0 Å². The first-order valence-electron chi connectivity index (χ1n) is 10.8. The minimum absolute atomic E-state index is 0.00928. The Balaban J connectivity index is 1.41. The molecule has 0 saturated carbocycles. The third kappa shape index (κ3) is 5.55. The molecule has 3 aromatic carbocycles. The molecular formula is C26H21BrClN3O4. The van der Waals surface area contributed by atoms with Crippen molar-refractivity contribution in [3.05, 3.63) is 93.6 Å². The first-order valence-corrected chi connectivity index (χ1v) is 12.0. The standard InChI is InChI=1S/C26H21BrClN3O4/c1-2-35-19-13-11-18(12-14-19)31-25(33)23(28)24(26(31)34)29-17-9-7-16(8-10-17)15-22(32)30-21-6-4-3-5-20(21)27/h3-14,29H,2,15H2,1H3,(H,30,32). The lowest BCUT2D eigenvalue weighted by Gasteiger charge is -2.15. The molecule has 3 aromatic rings. The molecular weight excluding hydrogens is 534 g/mol. The van der Waals surface area contributed by atoms with Gasteiger partial charge in [0.05, 0.1) is 24.4 Å². The SMILES string of the molecule is CCOc1ccc(N2C(=O)C(Cl)=C(Nc3ccc(CC(=O)Nc4ccccc4Br)cc3)C2=O)cc1. The molecule has 0 aliphatic carbocycles. The number of carbonyl (C=O) groups excluding carboxylic acids is 3. The van der Waals surface area contributed by atoms with Gasteiger partial charge in [-0.15, -0.1) is 0 Å². The fourth-order valence-corrected chi connectivity index (χ4v) is 4.09. The normalized spacial score (nSPS) is 13.3. The van der Waals surface area contributed by atoms with Crippen LogP contribution in [0.4, 0.5) is 17.1 Å². The smallest absolute Gasteiger partial charge is 0.283 e. The largest absolute Gasteiger partial charge is 0.494 e. The van der Waals surface area contributed by atoms with E-state index in [2.05, 4.69) is 26.6 Å². The molecule has 2 N–H and O–H groups in total. The second-order valence-electron chi connectivity index (χ2n) is 7.59. The van der Waals surface area contributed by atoms with E-state index in [1.165, 1.54) is 0 Å². The quantitative estimate of drug-likeness (QED) is 0.361. The van der Waals surface area contributed by atoms with E-state index in [1.54, 1.807) is 48.5 Å². The number of imide groups is 1. The summed E-state index contributed by atoms with van der Waals surface area (Å²) in [5.41, 5.74) is 2.42. The first-order chi connectivity index (χ1) is 16.9. The summed E-state index contributed by atoms with van der Waals surface area (Å²) >= 11 is 9.62. The second kappa shape index (κ2) is 10.8. The minimum atomic E-state index is -0.608. The summed E-state index contributed by atoms with van der Waals surface area (Å²) in [4.78, 5) is 39.0. The fraction of sp³-hybridized carbons (Fsp3) is 0.115. The third-order valence-electron chi connectivity index (χ3n) is 5.17. The number of benzene rings is 3. The predicted octanol–water partition coefficient (Wildman–Crippen LogP) is 5.46. The fourth-order valence-electron chi connectivity index (χ4n) is 3.50. The van der Waals surface area contributed by atoms with Gasteiger partial charge in [-0.2, -0.15) is 0 Å². The highest BCUT2D eigenvalue weighted by atomic mass is 79.9. The van der Waals surface area contributed by atoms with E-state index in [0.29, 0.717) is 29.4 Å². The Hall–Kier alpha value is -3.62. The molecule has 3 amide bonds. The van der Waals surface area contributed by atoms with Gasteiger partial charge in [0.2, 0.25) is 5.91 Å². The molecule has 4 rings (SSSR count). The molecule has 7 nitrogen and oxygen atoms in total. The molecule has 0 aromatic heterocycles. The van der Waals surface area contributed by atoms with Crippen molar-refractivity contribution in [1.82, 2.24) is 0 Å². The first kappa shape index (κ1) is 24.5. The van der Waals surface area contributed by atoms with Gasteiger partial charge in [-0.25, -0.2) is 4.90 Å². The molecule has 1 aliphatic heterocycles.